The van der Waals surface area contributed by atoms with E-state index in [1.165, 1.54) is 0 Å². The fraction of sp³-hybridized carbons (Fsp3) is 0. The summed E-state index contributed by atoms with van der Waals surface area (Å²) in [5.74, 6) is 1.18. The Hall–Kier alpha value is -3.33. The van der Waals surface area contributed by atoms with E-state index in [1.807, 2.05) is 60.7 Å². The van der Waals surface area contributed by atoms with Crippen LogP contribution in [0.2, 0.25) is 0 Å². The minimum Gasteiger partial charge on any atom is -0.453 e. The predicted octanol–water partition coefficient (Wildman–Crippen LogP) is 6.04. The normalized spacial score (nSPS) is 12.7. The SMILES string of the molecule is O=P(O)(Oc1ccccc1Oc1ccccc1)c1ccccc1-c1ccccc1. The van der Waals surface area contributed by atoms with Crippen molar-refractivity contribution in [3.8, 4) is 28.4 Å². The first kappa shape index (κ1) is 19.0. The molecule has 0 amide bonds. The van der Waals surface area contributed by atoms with Crippen LogP contribution in [0, 0.1) is 0 Å². The third-order valence-electron chi connectivity index (χ3n) is 4.34. The maximum atomic E-state index is 13.3. The van der Waals surface area contributed by atoms with Crippen LogP contribution in [0.5, 0.6) is 17.2 Å². The van der Waals surface area contributed by atoms with Crippen molar-refractivity contribution in [1.82, 2.24) is 0 Å². The molecule has 0 spiro atoms. The fourth-order valence-corrected chi connectivity index (χ4v) is 4.29. The monoisotopic (exact) mass is 402 g/mol. The van der Waals surface area contributed by atoms with Crippen LogP contribution in [0.25, 0.3) is 11.1 Å². The summed E-state index contributed by atoms with van der Waals surface area (Å²) in [6, 6.07) is 32.5. The van der Waals surface area contributed by atoms with Gasteiger partial charge in [0.15, 0.2) is 11.5 Å². The highest BCUT2D eigenvalue weighted by Crippen LogP contribution is 2.47. The molecule has 0 saturated heterocycles. The van der Waals surface area contributed by atoms with E-state index in [2.05, 4.69) is 0 Å². The van der Waals surface area contributed by atoms with Crippen molar-refractivity contribution in [2.24, 2.45) is 0 Å². The Kier molecular flexibility index (Phi) is 5.48. The summed E-state index contributed by atoms with van der Waals surface area (Å²) >= 11 is 0. The van der Waals surface area contributed by atoms with Crippen molar-refractivity contribution in [1.29, 1.82) is 0 Å². The summed E-state index contributed by atoms with van der Waals surface area (Å²) < 4.78 is 24.7. The third kappa shape index (κ3) is 4.40. The van der Waals surface area contributed by atoms with Crippen LogP contribution in [-0.2, 0) is 4.57 Å². The maximum absolute atomic E-state index is 13.3. The number of benzene rings is 4. The fourth-order valence-electron chi connectivity index (χ4n) is 2.99. The predicted molar refractivity (Wildman–Crippen MR) is 115 cm³/mol. The van der Waals surface area contributed by atoms with Crippen molar-refractivity contribution in [3.05, 3.63) is 109 Å². The van der Waals surface area contributed by atoms with Gasteiger partial charge < -0.3 is 14.2 Å². The van der Waals surface area contributed by atoms with E-state index >= 15 is 0 Å². The van der Waals surface area contributed by atoms with Crippen molar-refractivity contribution in [2.75, 3.05) is 0 Å². The maximum Gasteiger partial charge on any atom is 0.408 e. The summed E-state index contributed by atoms with van der Waals surface area (Å²) in [6.07, 6.45) is 0. The molecule has 4 aromatic rings. The summed E-state index contributed by atoms with van der Waals surface area (Å²) in [6.45, 7) is 0. The van der Waals surface area contributed by atoms with E-state index in [1.54, 1.807) is 48.5 Å². The lowest BCUT2D eigenvalue weighted by molar-refractivity contribution is 0.379. The zero-order valence-corrected chi connectivity index (χ0v) is 16.4. The molecule has 29 heavy (non-hydrogen) atoms. The van der Waals surface area contributed by atoms with Gasteiger partial charge in [-0.1, -0.05) is 78.9 Å². The molecule has 0 aliphatic heterocycles. The number of ether oxygens (including phenoxy) is 1. The first-order valence-corrected chi connectivity index (χ1v) is 10.7. The number of para-hydroxylation sites is 3. The van der Waals surface area contributed by atoms with E-state index in [-0.39, 0.29) is 11.1 Å². The molecular weight excluding hydrogens is 383 g/mol. The van der Waals surface area contributed by atoms with Crippen molar-refractivity contribution < 1.29 is 18.7 Å². The average molecular weight is 402 g/mol. The van der Waals surface area contributed by atoms with Crippen LogP contribution in [-0.4, -0.2) is 4.89 Å². The highest BCUT2D eigenvalue weighted by atomic mass is 31.2. The number of rotatable bonds is 6. The van der Waals surface area contributed by atoms with Gasteiger partial charge in [-0.05, 0) is 41.5 Å². The second kappa shape index (κ2) is 8.36. The summed E-state index contributed by atoms with van der Waals surface area (Å²) in [5.41, 5.74) is 1.50. The van der Waals surface area contributed by atoms with E-state index in [0.717, 1.165) is 5.56 Å². The van der Waals surface area contributed by atoms with Crippen LogP contribution in [0.3, 0.4) is 0 Å². The Labute approximate surface area is 169 Å². The molecule has 0 heterocycles. The highest BCUT2D eigenvalue weighted by molar-refractivity contribution is 7.62. The minimum absolute atomic E-state index is 0.199. The zero-order chi connectivity index (χ0) is 20.1. The largest absolute Gasteiger partial charge is 0.453 e. The van der Waals surface area contributed by atoms with E-state index in [0.29, 0.717) is 17.1 Å². The molecule has 4 nitrogen and oxygen atoms in total. The number of hydrogen-bond donors (Lipinski definition) is 1. The topological polar surface area (TPSA) is 55.8 Å². The quantitative estimate of drug-likeness (QED) is 0.400. The Balaban J connectivity index is 1.68. The van der Waals surface area contributed by atoms with Gasteiger partial charge in [0.1, 0.15) is 5.75 Å². The molecule has 5 heteroatoms. The molecule has 1 unspecified atom stereocenters. The molecule has 0 bridgehead atoms. The summed E-state index contributed by atoms with van der Waals surface area (Å²) in [5, 5.41) is 0.237. The molecule has 1 N–H and O–H groups in total. The van der Waals surface area contributed by atoms with Gasteiger partial charge in [0.05, 0.1) is 5.30 Å². The molecule has 0 saturated carbocycles. The van der Waals surface area contributed by atoms with Gasteiger partial charge in [-0.25, -0.2) is 4.57 Å². The highest BCUT2D eigenvalue weighted by Gasteiger charge is 2.29. The van der Waals surface area contributed by atoms with Crippen LogP contribution in [0.4, 0.5) is 0 Å². The van der Waals surface area contributed by atoms with E-state index in [4.69, 9.17) is 9.26 Å². The zero-order valence-electron chi connectivity index (χ0n) is 15.5. The third-order valence-corrected chi connectivity index (χ3v) is 5.78. The summed E-state index contributed by atoms with van der Waals surface area (Å²) in [4.78, 5) is 10.8. The molecule has 144 valence electrons. The minimum atomic E-state index is -4.18. The van der Waals surface area contributed by atoms with Gasteiger partial charge in [-0.2, -0.15) is 0 Å². The smallest absolute Gasteiger partial charge is 0.408 e. The molecule has 0 aliphatic rings. The van der Waals surface area contributed by atoms with Crippen molar-refractivity contribution in [2.45, 2.75) is 0 Å². The van der Waals surface area contributed by atoms with Gasteiger partial charge in [0.2, 0.25) is 0 Å². The molecule has 0 aliphatic carbocycles. The molecule has 0 aromatic heterocycles. The van der Waals surface area contributed by atoms with Gasteiger partial charge >= 0.3 is 7.60 Å². The second-order valence-electron chi connectivity index (χ2n) is 6.36. The molecule has 0 fully saturated rings. The van der Waals surface area contributed by atoms with Gasteiger partial charge in [-0.15, -0.1) is 0 Å². The van der Waals surface area contributed by atoms with E-state index < -0.39 is 7.60 Å². The Morgan fingerprint density at radius 2 is 1.17 bits per heavy atom. The van der Waals surface area contributed by atoms with Gasteiger partial charge in [0.25, 0.3) is 0 Å². The molecule has 0 radical (unpaired) electrons. The second-order valence-corrected chi connectivity index (χ2v) is 8.06. The Morgan fingerprint density at radius 3 is 1.90 bits per heavy atom. The molecule has 1 atom stereocenters. The first-order chi connectivity index (χ1) is 14.1. The van der Waals surface area contributed by atoms with E-state index in [9.17, 15) is 9.46 Å². The standard InChI is InChI=1S/C24H19O4P/c25-29(26,24-18-10-7-15-21(24)19-11-3-1-4-12-19)28-23-17-9-8-16-22(23)27-20-13-5-2-6-14-20/h1-18H,(H,25,26). The van der Waals surface area contributed by atoms with Crippen LogP contribution in [0.1, 0.15) is 0 Å². The average Bonchev–Trinajstić information content (AvgIpc) is 2.76. The van der Waals surface area contributed by atoms with Crippen LogP contribution >= 0.6 is 7.60 Å². The van der Waals surface area contributed by atoms with Crippen LogP contribution < -0.4 is 14.6 Å². The van der Waals surface area contributed by atoms with Crippen molar-refractivity contribution in [3.63, 3.8) is 0 Å². The van der Waals surface area contributed by atoms with Crippen LogP contribution in [0.15, 0.2) is 109 Å². The van der Waals surface area contributed by atoms with Crippen molar-refractivity contribution >= 4 is 12.9 Å². The summed E-state index contributed by atoms with van der Waals surface area (Å²) in [7, 11) is -4.18. The molecule has 4 rings (SSSR count). The Morgan fingerprint density at radius 1 is 0.621 bits per heavy atom. The molecular formula is C24H19O4P. The lowest BCUT2D eigenvalue weighted by atomic mass is 10.1. The molecule has 4 aromatic carbocycles. The number of hydrogen-bond acceptors (Lipinski definition) is 3. The first-order valence-electron chi connectivity index (χ1n) is 9.13. The van der Waals surface area contributed by atoms with Gasteiger partial charge in [-0.3, -0.25) is 0 Å². The Bertz CT molecular complexity index is 1140. The lowest BCUT2D eigenvalue weighted by Crippen LogP contribution is -2.12. The lowest BCUT2D eigenvalue weighted by Gasteiger charge is -2.19. The van der Waals surface area contributed by atoms with Gasteiger partial charge in [0, 0.05) is 0 Å².